The molecule has 1 aliphatic heterocycles. The van der Waals surface area contributed by atoms with Crippen molar-refractivity contribution in [2.75, 3.05) is 12.9 Å². The lowest BCUT2D eigenvalue weighted by Crippen LogP contribution is -2.25. The number of rotatable bonds is 3. The monoisotopic (exact) mass is 295 g/mol. The van der Waals surface area contributed by atoms with E-state index in [0.717, 1.165) is 22.2 Å². The normalized spacial score (nSPS) is 20.9. The lowest BCUT2D eigenvalue weighted by atomic mass is 10.1. The number of nitrogens with one attached hydrogen (secondary N) is 1. The first-order chi connectivity index (χ1) is 9.26. The summed E-state index contributed by atoms with van der Waals surface area (Å²) in [4.78, 5) is 4.54. The van der Waals surface area contributed by atoms with Crippen LogP contribution >= 0.6 is 23.4 Å². The molecule has 4 nitrogen and oxygen atoms in total. The summed E-state index contributed by atoms with van der Waals surface area (Å²) >= 11 is 7.81. The lowest BCUT2D eigenvalue weighted by molar-refractivity contribution is 0.415. The van der Waals surface area contributed by atoms with Crippen molar-refractivity contribution in [1.82, 2.24) is 5.43 Å². The van der Waals surface area contributed by atoms with Crippen LogP contribution in [0, 0.1) is 0 Å². The highest BCUT2D eigenvalue weighted by molar-refractivity contribution is 8.14. The number of amidine groups is 1. The Hall–Kier alpha value is -1.20. The number of nitrogens with zero attached hydrogens (tertiary/aromatic N) is 2. The van der Waals surface area contributed by atoms with E-state index in [0.29, 0.717) is 16.8 Å². The molecule has 0 radical (unpaired) electrons. The van der Waals surface area contributed by atoms with Crippen molar-refractivity contribution in [1.29, 1.82) is 0 Å². The second kappa shape index (κ2) is 5.43. The molecule has 19 heavy (non-hydrogen) atoms. The van der Waals surface area contributed by atoms with Gasteiger partial charge in [0.1, 0.15) is 5.75 Å². The third kappa shape index (κ3) is 3.04. The van der Waals surface area contributed by atoms with Gasteiger partial charge in [-0.1, -0.05) is 23.4 Å². The highest BCUT2D eigenvalue weighted by atomic mass is 35.5. The molecule has 0 aromatic heterocycles. The van der Waals surface area contributed by atoms with E-state index in [9.17, 15) is 0 Å². The van der Waals surface area contributed by atoms with E-state index in [2.05, 4.69) is 15.5 Å². The average molecular weight is 296 g/mol. The summed E-state index contributed by atoms with van der Waals surface area (Å²) in [6.45, 7) is 0. The minimum absolute atomic E-state index is 0.516. The summed E-state index contributed by atoms with van der Waals surface area (Å²) in [7, 11) is 1.61. The van der Waals surface area contributed by atoms with Crippen LogP contribution in [0.3, 0.4) is 0 Å². The third-order valence-electron chi connectivity index (χ3n) is 2.96. The fourth-order valence-corrected chi connectivity index (χ4v) is 2.84. The van der Waals surface area contributed by atoms with Crippen molar-refractivity contribution >= 4 is 34.2 Å². The quantitative estimate of drug-likeness (QED) is 0.932. The zero-order valence-corrected chi connectivity index (χ0v) is 12.1. The zero-order chi connectivity index (χ0) is 13.2. The molecule has 1 aromatic carbocycles. The molecular formula is C13H14ClN3OS. The second-order valence-electron chi connectivity index (χ2n) is 4.47. The minimum Gasteiger partial charge on any atom is -0.495 e. The van der Waals surface area contributed by atoms with E-state index < -0.39 is 0 Å². The first kappa shape index (κ1) is 12.8. The topological polar surface area (TPSA) is 46.0 Å². The molecule has 0 atom stereocenters. The molecule has 1 N–H and O–H groups in total. The van der Waals surface area contributed by atoms with Crippen molar-refractivity contribution in [3.05, 3.63) is 28.8 Å². The summed E-state index contributed by atoms with van der Waals surface area (Å²) in [6, 6.07) is 6.22. The van der Waals surface area contributed by atoms with Crippen molar-refractivity contribution in [3.63, 3.8) is 0 Å². The van der Waals surface area contributed by atoms with Gasteiger partial charge in [0.25, 0.3) is 0 Å². The molecule has 1 fully saturated rings. The average Bonchev–Trinajstić information content (AvgIpc) is 3.23. The van der Waals surface area contributed by atoms with E-state index in [1.165, 1.54) is 12.8 Å². The van der Waals surface area contributed by atoms with Gasteiger partial charge in [0.05, 0.1) is 23.9 Å². The van der Waals surface area contributed by atoms with E-state index in [4.69, 9.17) is 16.3 Å². The van der Waals surface area contributed by atoms with E-state index in [1.807, 2.05) is 18.2 Å². The van der Waals surface area contributed by atoms with E-state index in [1.54, 1.807) is 18.9 Å². The summed E-state index contributed by atoms with van der Waals surface area (Å²) < 4.78 is 5.14. The van der Waals surface area contributed by atoms with Crippen LogP contribution in [0.2, 0.25) is 5.02 Å². The lowest BCUT2D eigenvalue weighted by Gasteiger charge is -2.15. The maximum absolute atomic E-state index is 6.12. The van der Waals surface area contributed by atoms with Crippen LogP contribution in [0.15, 0.2) is 28.3 Å². The molecule has 3 rings (SSSR count). The molecule has 0 bridgehead atoms. The number of aliphatic imine (C=N–C) groups is 1. The van der Waals surface area contributed by atoms with Crippen molar-refractivity contribution in [2.45, 2.75) is 18.9 Å². The molecule has 0 spiro atoms. The molecule has 0 amide bonds. The summed E-state index contributed by atoms with van der Waals surface area (Å²) in [6.07, 6.45) is 2.41. The Bertz CT molecular complexity index is 555. The predicted octanol–water partition coefficient (Wildman–Crippen LogP) is 2.91. The zero-order valence-electron chi connectivity index (χ0n) is 10.5. The van der Waals surface area contributed by atoms with Crippen LogP contribution < -0.4 is 10.2 Å². The SMILES string of the molecule is COc1ccc(C2=NNC(=NC3CC3)SC2)cc1Cl. The third-order valence-corrected chi connectivity index (χ3v) is 4.15. The number of ether oxygens (including phenoxy) is 1. The van der Waals surface area contributed by atoms with E-state index in [-0.39, 0.29) is 0 Å². The number of hydrogen-bond donors (Lipinski definition) is 1. The Morgan fingerprint density at radius 1 is 1.47 bits per heavy atom. The van der Waals surface area contributed by atoms with Gasteiger partial charge in [-0.15, -0.1) is 0 Å². The number of hydrazone groups is 1. The molecular weight excluding hydrogens is 282 g/mol. The van der Waals surface area contributed by atoms with Gasteiger partial charge in [-0.05, 0) is 31.0 Å². The highest BCUT2D eigenvalue weighted by Crippen LogP contribution is 2.28. The molecule has 0 saturated heterocycles. The first-order valence-corrected chi connectivity index (χ1v) is 7.49. The van der Waals surface area contributed by atoms with Crippen LogP contribution in [0.25, 0.3) is 0 Å². The van der Waals surface area contributed by atoms with Crippen molar-refractivity contribution in [3.8, 4) is 5.75 Å². The smallest absolute Gasteiger partial charge is 0.177 e. The van der Waals surface area contributed by atoms with Crippen LogP contribution in [0.5, 0.6) is 5.75 Å². The van der Waals surface area contributed by atoms with Crippen LogP contribution in [-0.2, 0) is 0 Å². The number of halogens is 1. The first-order valence-electron chi connectivity index (χ1n) is 6.13. The van der Waals surface area contributed by atoms with Crippen molar-refractivity contribution < 1.29 is 4.74 Å². The number of benzene rings is 1. The van der Waals surface area contributed by atoms with E-state index >= 15 is 0 Å². The Morgan fingerprint density at radius 3 is 2.89 bits per heavy atom. The fraction of sp³-hybridized carbons (Fsp3) is 0.385. The largest absolute Gasteiger partial charge is 0.495 e. The van der Waals surface area contributed by atoms with Crippen LogP contribution in [0.1, 0.15) is 18.4 Å². The second-order valence-corrected chi connectivity index (χ2v) is 5.84. The number of hydrogen-bond acceptors (Lipinski definition) is 4. The minimum atomic E-state index is 0.516. The summed E-state index contributed by atoms with van der Waals surface area (Å²) in [5.41, 5.74) is 5.00. The Labute approximate surface area is 121 Å². The maximum Gasteiger partial charge on any atom is 0.177 e. The standard InChI is InChI=1S/C13H14ClN3OS/c1-18-12-5-2-8(6-10(12)14)11-7-19-13(17-16-11)15-9-3-4-9/h2,5-6,9H,3-4,7H2,1H3,(H,15,17). The molecule has 1 aliphatic carbocycles. The van der Waals surface area contributed by atoms with Crippen LogP contribution in [-0.4, -0.2) is 29.8 Å². The van der Waals surface area contributed by atoms with Gasteiger partial charge < -0.3 is 4.74 Å². The molecule has 100 valence electrons. The number of thioether (sulfide) groups is 1. The van der Waals surface area contributed by atoms with Gasteiger partial charge in [0.15, 0.2) is 5.17 Å². The van der Waals surface area contributed by atoms with Gasteiger partial charge in [0, 0.05) is 11.3 Å². The Balaban J connectivity index is 1.76. The van der Waals surface area contributed by atoms with Gasteiger partial charge in [0.2, 0.25) is 0 Å². The summed E-state index contributed by atoms with van der Waals surface area (Å²) in [5, 5.41) is 5.90. The van der Waals surface area contributed by atoms with Gasteiger partial charge in [-0.3, -0.25) is 10.4 Å². The van der Waals surface area contributed by atoms with Gasteiger partial charge in [-0.2, -0.15) is 5.10 Å². The molecule has 1 saturated carbocycles. The Kier molecular flexibility index (Phi) is 3.66. The molecule has 1 aromatic rings. The molecule has 0 unspecified atom stereocenters. The molecule has 6 heteroatoms. The van der Waals surface area contributed by atoms with Gasteiger partial charge >= 0.3 is 0 Å². The maximum atomic E-state index is 6.12. The predicted molar refractivity (Wildman–Crippen MR) is 80.6 cm³/mol. The fourth-order valence-electron chi connectivity index (χ4n) is 1.75. The van der Waals surface area contributed by atoms with Gasteiger partial charge in [-0.25, -0.2) is 0 Å². The Morgan fingerprint density at radius 2 is 2.32 bits per heavy atom. The van der Waals surface area contributed by atoms with Crippen LogP contribution in [0.4, 0.5) is 0 Å². The summed E-state index contributed by atoms with van der Waals surface area (Å²) in [5.74, 6) is 1.49. The number of methoxy groups -OCH3 is 1. The highest BCUT2D eigenvalue weighted by Gasteiger charge is 2.22. The molecule has 1 heterocycles. The molecule has 2 aliphatic rings. The van der Waals surface area contributed by atoms with Crippen molar-refractivity contribution in [2.24, 2.45) is 10.1 Å².